The minimum absolute atomic E-state index is 0.0631. The van der Waals surface area contributed by atoms with Crippen LogP contribution in [0.4, 0.5) is 11.4 Å². The van der Waals surface area contributed by atoms with Crippen LogP contribution in [-0.4, -0.2) is 0 Å². The molecule has 274 valence electrons. The molecule has 1 fully saturated rings. The predicted molar refractivity (Wildman–Crippen MR) is 223 cm³/mol. The fourth-order valence-corrected chi connectivity index (χ4v) is 9.01. The Morgan fingerprint density at radius 3 is 1.22 bits per heavy atom. The van der Waals surface area contributed by atoms with Crippen molar-refractivity contribution in [2.75, 3.05) is 11.5 Å². The van der Waals surface area contributed by atoms with E-state index in [4.69, 9.17) is 11.5 Å². The van der Waals surface area contributed by atoms with Crippen LogP contribution in [0.15, 0.2) is 97.1 Å². The Bertz CT molecular complexity index is 1420. The van der Waals surface area contributed by atoms with Gasteiger partial charge in [-0.2, -0.15) is 0 Å². The molecule has 1 aliphatic carbocycles. The van der Waals surface area contributed by atoms with Gasteiger partial charge >= 0.3 is 0 Å². The van der Waals surface area contributed by atoms with Crippen LogP contribution in [0.25, 0.3) is 0 Å². The number of nitrogens with two attached hydrogens (primary N) is 2. The first-order valence-electron chi connectivity index (χ1n) is 20.9. The van der Waals surface area contributed by atoms with Crippen molar-refractivity contribution in [3.63, 3.8) is 0 Å². The molecule has 1 saturated carbocycles. The smallest absolute Gasteiger partial charge is 0.0314 e. The van der Waals surface area contributed by atoms with Crippen molar-refractivity contribution in [1.82, 2.24) is 0 Å². The molecule has 0 amide bonds. The fourth-order valence-electron chi connectivity index (χ4n) is 9.01. The highest BCUT2D eigenvalue weighted by Crippen LogP contribution is 2.48. The van der Waals surface area contributed by atoms with Crippen LogP contribution in [0.2, 0.25) is 0 Å². The molecular formula is C49H68N2. The highest BCUT2D eigenvalue weighted by atomic mass is 14.5. The monoisotopic (exact) mass is 685 g/mol. The van der Waals surface area contributed by atoms with Gasteiger partial charge in [0.25, 0.3) is 0 Å². The third-order valence-electron chi connectivity index (χ3n) is 12.3. The van der Waals surface area contributed by atoms with Gasteiger partial charge in [-0.1, -0.05) is 171 Å². The molecule has 0 aliphatic heterocycles. The van der Waals surface area contributed by atoms with Crippen molar-refractivity contribution < 1.29 is 0 Å². The van der Waals surface area contributed by atoms with E-state index < -0.39 is 0 Å². The molecule has 0 radical (unpaired) electrons. The summed E-state index contributed by atoms with van der Waals surface area (Å²) >= 11 is 0. The van der Waals surface area contributed by atoms with E-state index in [1.54, 1.807) is 0 Å². The summed E-state index contributed by atoms with van der Waals surface area (Å²) in [6, 6.07) is 37.1. The molecule has 0 saturated heterocycles. The first-order chi connectivity index (χ1) is 25.0. The van der Waals surface area contributed by atoms with E-state index in [-0.39, 0.29) is 5.41 Å². The van der Waals surface area contributed by atoms with Gasteiger partial charge in [-0.3, -0.25) is 0 Å². The molecule has 0 spiro atoms. The van der Waals surface area contributed by atoms with Gasteiger partial charge in [0.05, 0.1) is 0 Å². The van der Waals surface area contributed by atoms with Crippen molar-refractivity contribution in [2.45, 2.75) is 154 Å². The number of rotatable bonds is 20. The maximum atomic E-state index is 6.10. The van der Waals surface area contributed by atoms with Gasteiger partial charge in [0.15, 0.2) is 0 Å². The average molecular weight is 685 g/mol. The molecule has 4 aromatic rings. The number of nitrogen functional groups attached to an aromatic ring is 2. The molecule has 2 heteroatoms. The number of unbranched alkanes of at least 4 members (excludes halogenated alkanes) is 8. The van der Waals surface area contributed by atoms with E-state index in [2.05, 4.69) is 118 Å². The van der Waals surface area contributed by atoms with Gasteiger partial charge in [-0.05, 0) is 102 Å². The van der Waals surface area contributed by atoms with E-state index in [0.29, 0.717) is 11.8 Å². The van der Waals surface area contributed by atoms with Crippen LogP contribution in [-0.2, 0) is 5.41 Å². The Balaban J connectivity index is 1.43. The summed E-state index contributed by atoms with van der Waals surface area (Å²) < 4.78 is 0. The zero-order chi connectivity index (χ0) is 35.9. The Labute approximate surface area is 311 Å². The van der Waals surface area contributed by atoms with Gasteiger partial charge in [0.2, 0.25) is 0 Å². The first kappa shape index (κ1) is 38.7. The Kier molecular flexibility index (Phi) is 15.1. The summed E-state index contributed by atoms with van der Waals surface area (Å²) in [6.45, 7) is 6.91. The number of benzene rings is 4. The second-order valence-electron chi connectivity index (χ2n) is 15.9. The lowest BCUT2D eigenvalue weighted by atomic mass is 9.62. The lowest BCUT2D eigenvalue weighted by Crippen LogP contribution is -2.33. The third-order valence-corrected chi connectivity index (χ3v) is 12.3. The SMILES string of the molecule is CCCCCCCC1CCC(c2ccc(C(CCCCC)c3ccc(N)cc3)cc2)(c2ccc(C(CCCCC)c3ccc(N)cc3)cc2)CC1. The van der Waals surface area contributed by atoms with Crippen LogP contribution in [0, 0.1) is 5.92 Å². The molecular weight excluding hydrogens is 617 g/mol. The normalized spacial score (nSPS) is 18.8. The number of hydrogen-bond donors (Lipinski definition) is 2. The van der Waals surface area contributed by atoms with E-state index >= 15 is 0 Å². The van der Waals surface area contributed by atoms with E-state index in [1.165, 1.54) is 149 Å². The summed E-state index contributed by atoms with van der Waals surface area (Å²) in [5.74, 6) is 1.67. The summed E-state index contributed by atoms with van der Waals surface area (Å²) in [7, 11) is 0. The summed E-state index contributed by atoms with van der Waals surface area (Å²) in [4.78, 5) is 0. The summed E-state index contributed by atoms with van der Waals surface area (Å²) in [5.41, 5.74) is 22.6. The van der Waals surface area contributed by atoms with Crippen LogP contribution < -0.4 is 11.5 Å². The molecule has 1 aliphatic rings. The number of anilines is 2. The quantitative estimate of drug-likeness (QED) is 0.0719. The molecule has 2 atom stereocenters. The standard InChI is InChI=1S/C49H68N2/c1-4-7-10-11-14-15-38-34-36-49(37-35-38,43-26-18-39(19-27-43)47(16-12-8-5-2)41-22-30-45(50)31-23-41)44-28-20-40(21-29-44)48(17-13-9-6-3)42-24-32-46(51)33-25-42/h18-33,38,47-48H,4-17,34-37,50-51H2,1-3H3. The minimum Gasteiger partial charge on any atom is -0.399 e. The molecule has 2 unspecified atom stereocenters. The van der Waals surface area contributed by atoms with Crippen molar-refractivity contribution in [3.05, 3.63) is 130 Å². The van der Waals surface area contributed by atoms with Gasteiger partial charge in [0, 0.05) is 28.6 Å². The molecule has 4 aromatic carbocycles. The van der Waals surface area contributed by atoms with Gasteiger partial charge < -0.3 is 11.5 Å². The Hall–Kier alpha value is -3.52. The van der Waals surface area contributed by atoms with Crippen LogP contribution in [0.3, 0.4) is 0 Å². The van der Waals surface area contributed by atoms with Crippen LogP contribution in [0.1, 0.15) is 182 Å². The zero-order valence-corrected chi connectivity index (χ0v) is 32.4. The average Bonchev–Trinajstić information content (AvgIpc) is 3.17. The Morgan fingerprint density at radius 2 is 0.824 bits per heavy atom. The number of hydrogen-bond acceptors (Lipinski definition) is 2. The van der Waals surface area contributed by atoms with E-state index in [0.717, 1.165) is 17.3 Å². The van der Waals surface area contributed by atoms with Crippen molar-refractivity contribution in [2.24, 2.45) is 5.92 Å². The van der Waals surface area contributed by atoms with Crippen molar-refractivity contribution >= 4 is 11.4 Å². The predicted octanol–water partition coefficient (Wildman–Crippen LogP) is 14.1. The molecule has 0 heterocycles. The van der Waals surface area contributed by atoms with Crippen LogP contribution in [0.5, 0.6) is 0 Å². The Morgan fingerprint density at radius 1 is 0.471 bits per heavy atom. The zero-order valence-electron chi connectivity index (χ0n) is 32.4. The first-order valence-corrected chi connectivity index (χ1v) is 20.9. The van der Waals surface area contributed by atoms with Crippen LogP contribution >= 0.6 is 0 Å². The molecule has 5 rings (SSSR count). The highest BCUT2D eigenvalue weighted by molar-refractivity contribution is 5.47. The van der Waals surface area contributed by atoms with Crippen molar-refractivity contribution in [3.8, 4) is 0 Å². The molecule has 0 aromatic heterocycles. The lowest BCUT2D eigenvalue weighted by molar-refractivity contribution is 0.250. The highest BCUT2D eigenvalue weighted by Gasteiger charge is 2.38. The fraction of sp³-hybridized carbons (Fsp3) is 0.510. The van der Waals surface area contributed by atoms with Gasteiger partial charge in [0.1, 0.15) is 0 Å². The van der Waals surface area contributed by atoms with E-state index in [1.807, 2.05) is 0 Å². The van der Waals surface area contributed by atoms with Gasteiger partial charge in [-0.25, -0.2) is 0 Å². The van der Waals surface area contributed by atoms with Gasteiger partial charge in [-0.15, -0.1) is 0 Å². The second kappa shape index (κ2) is 19.9. The summed E-state index contributed by atoms with van der Waals surface area (Å²) in [5, 5.41) is 0. The lowest BCUT2D eigenvalue weighted by Gasteiger charge is -2.42. The van der Waals surface area contributed by atoms with Crippen molar-refractivity contribution in [1.29, 1.82) is 0 Å². The molecule has 2 nitrogen and oxygen atoms in total. The maximum absolute atomic E-state index is 6.10. The molecule has 51 heavy (non-hydrogen) atoms. The summed E-state index contributed by atoms with van der Waals surface area (Å²) in [6.07, 6.45) is 23.3. The second-order valence-corrected chi connectivity index (χ2v) is 15.9. The molecule has 0 bridgehead atoms. The largest absolute Gasteiger partial charge is 0.399 e. The molecule has 4 N–H and O–H groups in total. The van der Waals surface area contributed by atoms with E-state index in [9.17, 15) is 0 Å². The minimum atomic E-state index is 0.0631. The topological polar surface area (TPSA) is 52.0 Å². The third kappa shape index (κ3) is 10.5. The maximum Gasteiger partial charge on any atom is 0.0314 e.